The van der Waals surface area contributed by atoms with Gasteiger partial charge >= 0.3 is 0 Å². The van der Waals surface area contributed by atoms with Gasteiger partial charge in [0.2, 0.25) is 11.0 Å². The zero-order valence-electron chi connectivity index (χ0n) is 17.6. The molecular weight excluding hydrogens is 434 g/mol. The number of hydrogen-bond acceptors (Lipinski definition) is 8. The molecule has 2 aromatic carbocycles. The Morgan fingerprint density at radius 1 is 1.12 bits per heavy atom. The first kappa shape index (κ1) is 22.8. The fourth-order valence-corrected chi connectivity index (χ4v) is 3.58. The van der Waals surface area contributed by atoms with E-state index in [1.807, 2.05) is 12.1 Å². The zero-order valence-corrected chi connectivity index (χ0v) is 18.4. The molecule has 1 aromatic heterocycles. The highest BCUT2D eigenvalue weighted by Crippen LogP contribution is 2.28. The molecule has 0 radical (unpaired) electrons. The molecule has 0 saturated carbocycles. The first-order valence-electron chi connectivity index (χ1n) is 9.62. The fraction of sp³-hybridized carbons (Fsp3) is 0.238. The molecule has 0 bridgehead atoms. The lowest BCUT2D eigenvalue weighted by atomic mass is 10.0. The summed E-state index contributed by atoms with van der Waals surface area (Å²) in [5, 5.41) is 25.3. The van der Waals surface area contributed by atoms with Gasteiger partial charge in [-0.2, -0.15) is 0 Å². The Bertz CT molecular complexity index is 1130. The summed E-state index contributed by atoms with van der Waals surface area (Å²) in [4.78, 5) is 35.8. The molecule has 0 spiro atoms. The van der Waals surface area contributed by atoms with E-state index in [9.17, 15) is 19.7 Å². The van der Waals surface area contributed by atoms with Gasteiger partial charge in [0.25, 0.3) is 11.6 Å². The van der Waals surface area contributed by atoms with Crippen LogP contribution in [0.2, 0.25) is 0 Å². The van der Waals surface area contributed by atoms with Crippen molar-refractivity contribution >= 4 is 34.0 Å². The molecule has 1 heterocycles. The van der Waals surface area contributed by atoms with E-state index in [1.165, 1.54) is 29.5 Å². The second-order valence-electron chi connectivity index (χ2n) is 7.13. The number of nitrogens with one attached hydrogen (secondary N) is 2. The molecular formula is C21H21N5O5S. The Balaban J connectivity index is 1.70. The number of non-ortho nitro benzene ring substituents is 1. The smallest absolute Gasteiger partial charge is 0.270 e. The van der Waals surface area contributed by atoms with Crippen molar-refractivity contribution in [1.29, 1.82) is 0 Å². The fourth-order valence-electron chi connectivity index (χ4n) is 2.83. The molecule has 11 heteroatoms. The number of methoxy groups -OCH3 is 1. The van der Waals surface area contributed by atoms with Crippen LogP contribution in [0.15, 0.2) is 48.5 Å². The number of anilines is 1. The maximum Gasteiger partial charge on any atom is 0.270 e. The lowest BCUT2D eigenvalue weighted by Gasteiger charge is -2.21. The molecule has 2 amide bonds. The summed E-state index contributed by atoms with van der Waals surface area (Å²) in [7, 11) is 1.58. The Morgan fingerprint density at radius 2 is 1.84 bits per heavy atom. The van der Waals surface area contributed by atoms with Crippen molar-refractivity contribution in [2.45, 2.75) is 19.9 Å². The summed E-state index contributed by atoms with van der Waals surface area (Å²) in [5.74, 6) is -0.576. The van der Waals surface area contributed by atoms with Crippen molar-refractivity contribution in [3.05, 3.63) is 64.2 Å². The Morgan fingerprint density at radius 3 is 2.47 bits per heavy atom. The van der Waals surface area contributed by atoms with Crippen LogP contribution in [0.5, 0.6) is 5.75 Å². The van der Waals surface area contributed by atoms with Crippen LogP contribution in [-0.4, -0.2) is 40.1 Å². The average molecular weight is 455 g/mol. The van der Waals surface area contributed by atoms with Crippen molar-refractivity contribution in [2.75, 3.05) is 12.4 Å². The average Bonchev–Trinajstić information content (AvgIpc) is 3.25. The molecule has 0 saturated heterocycles. The minimum absolute atomic E-state index is 0.0929. The summed E-state index contributed by atoms with van der Waals surface area (Å²) >= 11 is 1.19. The molecule has 10 nitrogen and oxygen atoms in total. The van der Waals surface area contributed by atoms with Crippen LogP contribution >= 0.6 is 11.3 Å². The lowest BCUT2D eigenvalue weighted by Crippen LogP contribution is -2.47. The number of aromatic nitrogens is 2. The quantitative estimate of drug-likeness (QED) is 0.392. The lowest BCUT2D eigenvalue weighted by molar-refractivity contribution is -0.384. The first-order valence-corrected chi connectivity index (χ1v) is 10.4. The Labute approximate surface area is 187 Å². The number of nitrogens with zero attached hydrogens (tertiary/aromatic N) is 3. The van der Waals surface area contributed by atoms with Crippen LogP contribution in [0, 0.1) is 16.0 Å². The summed E-state index contributed by atoms with van der Waals surface area (Å²) in [6.07, 6.45) is 0. The summed E-state index contributed by atoms with van der Waals surface area (Å²) in [6.45, 7) is 3.56. The van der Waals surface area contributed by atoms with E-state index in [4.69, 9.17) is 4.74 Å². The van der Waals surface area contributed by atoms with Gasteiger partial charge in [-0.1, -0.05) is 31.3 Å². The van der Waals surface area contributed by atoms with Crippen molar-refractivity contribution in [3.8, 4) is 16.3 Å². The largest absolute Gasteiger partial charge is 0.497 e. The molecule has 166 valence electrons. The van der Waals surface area contributed by atoms with Crippen molar-refractivity contribution < 1.29 is 19.2 Å². The Kier molecular flexibility index (Phi) is 7.11. The van der Waals surface area contributed by atoms with Gasteiger partial charge in [-0.15, -0.1) is 10.2 Å². The van der Waals surface area contributed by atoms with E-state index in [0.29, 0.717) is 10.8 Å². The molecule has 3 aromatic rings. The SMILES string of the molecule is COc1ccc(-c2nnc(NC(=O)C(NC(=O)c3cccc([N+](=O)[O-])c3)C(C)C)s2)cc1. The Hall–Kier alpha value is -3.86. The summed E-state index contributed by atoms with van der Waals surface area (Å²) < 4.78 is 5.14. The van der Waals surface area contributed by atoms with Crippen LogP contribution in [0.3, 0.4) is 0 Å². The van der Waals surface area contributed by atoms with Gasteiger partial charge in [-0.25, -0.2) is 0 Å². The van der Waals surface area contributed by atoms with E-state index in [1.54, 1.807) is 33.1 Å². The number of nitro groups is 1. The molecule has 2 N–H and O–H groups in total. The predicted octanol–water partition coefficient (Wildman–Crippen LogP) is 3.52. The third-order valence-corrected chi connectivity index (χ3v) is 5.43. The number of nitro benzene ring substituents is 1. The van der Waals surface area contributed by atoms with Crippen molar-refractivity contribution in [1.82, 2.24) is 15.5 Å². The van der Waals surface area contributed by atoms with Gasteiger partial charge < -0.3 is 10.1 Å². The van der Waals surface area contributed by atoms with E-state index in [2.05, 4.69) is 20.8 Å². The second kappa shape index (κ2) is 9.96. The van der Waals surface area contributed by atoms with E-state index in [0.717, 1.165) is 11.6 Å². The first-order chi connectivity index (χ1) is 15.3. The van der Waals surface area contributed by atoms with Crippen LogP contribution in [0.4, 0.5) is 10.8 Å². The highest BCUT2D eigenvalue weighted by Gasteiger charge is 2.26. The number of benzene rings is 2. The second-order valence-corrected chi connectivity index (χ2v) is 8.11. The molecule has 1 unspecified atom stereocenters. The molecule has 1 atom stereocenters. The normalized spacial score (nSPS) is 11.6. The summed E-state index contributed by atoms with van der Waals surface area (Å²) in [6, 6.07) is 11.7. The number of carbonyl (C=O) groups is 2. The highest BCUT2D eigenvalue weighted by atomic mass is 32.1. The zero-order chi connectivity index (χ0) is 23.3. The van der Waals surface area contributed by atoms with Gasteiger partial charge in [-0.3, -0.25) is 25.0 Å². The van der Waals surface area contributed by atoms with Gasteiger partial charge in [0, 0.05) is 23.3 Å². The standard InChI is InChI=1S/C21H21N5O5S/c1-12(2)17(22-18(27)14-5-4-6-15(11-14)26(29)30)19(28)23-21-25-24-20(32-21)13-7-9-16(31-3)10-8-13/h4-12,17H,1-3H3,(H,22,27)(H,23,25,28). The predicted molar refractivity (Wildman–Crippen MR) is 120 cm³/mol. The monoisotopic (exact) mass is 455 g/mol. The van der Waals surface area contributed by atoms with Crippen LogP contribution < -0.4 is 15.4 Å². The van der Waals surface area contributed by atoms with E-state index in [-0.39, 0.29) is 22.3 Å². The molecule has 0 fully saturated rings. The number of hydrogen-bond donors (Lipinski definition) is 2. The number of carbonyl (C=O) groups excluding carboxylic acids is 2. The molecule has 0 aliphatic rings. The molecule has 3 rings (SSSR count). The summed E-state index contributed by atoms with van der Waals surface area (Å²) in [5.41, 5.74) is 0.710. The van der Waals surface area contributed by atoms with Crippen LogP contribution in [-0.2, 0) is 4.79 Å². The highest BCUT2D eigenvalue weighted by molar-refractivity contribution is 7.18. The number of amides is 2. The van der Waals surface area contributed by atoms with E-state index < -0.39 is 22.8 Å². The van der Waals surface area contributed by atoms with Gasteiger partial charge in [0.15, 0.2) is 0 Å². The molecule has 0 aliphatic heterocycles. The van der Waals surface area contributed by atoms with Gasteiger partial charge in [0.05, 0.1) is 12.0 Å². The van der Waals surface area contributed by atoms with Crippen molar-refractivity contribution in [3.63, 3.8) is 0 Å². The minimum atomic E-state index is -0.880. The van der Waals surface area contributed by atoms with Crippen LogP contribution in [0.1, 0.15) is 24.2 Å². The number of ether oxygens (including phenoxy) is 1. The topological polar surface area (TPSA) is 136 Å². The van der Waals surface area contributed by atoms with E-state index >= 15 is 0 Å². The van der Waals surface area contributed by atoms with Crippen molar-refractivity contribution in [2.24, 2.45) is 5.92 Å². The molecule has 0 aliphatic carbocycles. The maximum atomic E-state index is 12.8. The van der Waals surface area contributed by atoms with Crippen LogP contribution in [0.25, 0.3) is 10.6 Å². The molecule has 32 heavy (non-hydrogen) atoms. The van der Waals surface area contributed by atoms with Gasteiger partial charge in [-0.05, 0) is 36.2 Å². The van der Waals surface area contributed by atoms with Gasteiger partial charge in [0.1, 0.15) is 16.8 Å². The third-order valence-electron chi connectivity index (χ3n) is 4.55. The maximum absolute atomic E-state index is 12.8. The third kappa shape index (κ3) is 5.43. The minimum Gasteiger partial charge on any atom is -0.497 e. The number of rotatable bonds is 8.